The Labute approximate surface area is 169 Å². The molecule has 146 valence electrons. The zero-order valence-electron chi connectivity index (χ0n) is 15.5. The molecule has 2 amide bonds. The average Bonchev–Trinajstić information content (AvgIpc) is 3.14. The van der Waals surface area contributed by atoms with E-state index in [2.05, 4.69) is 4.98 Å². The van der Waals surface area contributed by atoms with Crippen LogP contribution in [0.5, 0.6) is 0 Å². The van der Waals surface area contributed by atoms with E-state index in [0.717, 1.165) is 16.2 Å². The van der Waals surface area contributed by atoms with Gasteiger partial charge in [-0.2, -0.15) is 0 Å². The van der Waals surface area contributed by atoms with Crippen LogP contribution in [0.3, 0.4) is 0 Å². The van der Waals surface area contributed by atoms with Crippen molar-refractivity contribution in [2.75, 3.05) is 11.5 Å². The predicted octanol–water partition coefficient (Wildman–Crippen LogP) is 2.55. The number of fused-ring (bicyclic) bond motifs is 2. The van der Waals surface area contributed by atoms with Crippen molar-refractivity contribution >= 4 is 46.6 Å². The van der Waals surface area contributed by atoms with Crippen molar-refractivity contribution in [3.8, 4) is 0 Å². The Morgan fingerprint density at radius 3 is 2.50 bits per heavy atom. The van der Waals surface area contributed by atoms with E-state index >= 15 is 0 Å². The number of nitrogens with zero attached hydrogens (tertiary/aromatic N) is 1. The number of rotatable bonds is 3. The number of carbonyl (C=O) groups excluding carboxylic acids is 3. The summed E-state index contributed by atoms with van der Waals surface area (Å²) in [5.74, 6) is -1.61. The van der Waals surface area contributed by atoms with Crippen LogP contribution in [0.25, 0.3) is 0 Å². The molecule has 4 rings (SSSR count). The third-order valence-electron chi connectivity index (χ3n) is 5.11. The third-order valence-corrected chi connectivity index (χ3v) is 7.73. The maximum Gasteiger partial charge on any atom is 0.338 e. The summed E-state index contributed by atoms with van der Waals surface area (Å²) < 4.78 is 4.96. The highest BCUT2D eigenvalue weighted by molar-refractivity contribution is 8.00. The lowest BCUT2D eigenvalue weighted by molar-refractivity contribution is -0.123. The molecule has 2 aliphatic heterocycles. The summed E-state index contributed by atoms with van der Waals surface area (Å²) in [6.07, 6.45) is 0. The van der Waals surface area contributed by atoms with Crippen molar-refractivity contribution in [1.82, 2.24) is 4.98 Å². The lowest BCUT2D eigenvalue weighted by atomic mass is 9.76. The van der Waals surface area contributed by atoms with E-state index in [9.17, 15) is 19.2 Å². The smallest absolute Gasteiger partial charge is 0.338 e. The van der Waals surface area contributed by atoms with Crippen LogP contribution >= 0.6 is 23.1 Å². The molecule has 0 saturated carbocycles. The molecule has 1 aromatic carbocycles. The van der Waals surface area contributed by atoms with Crippen LogP contribution in [0.2, 0.25) is 0 Å². The van der Waals surface area contributed by atoms with Gasteiger partial charge in [-0.15, -0.1) is 0 Å². The molecular formula is C19H18N2O5S2. The maximum atomic E-state index is 13.2. The number of anilines is 1. The van der Waals surface area contributed by atoms with Crippen LogP contribution in [0.1, 0.15) is 36.0 Å². The molecular weight excluding hydrogens is 400 g/mol. The molecule has 0 spiro atoms. The molecule has 2 aliphatic rings. The number of benzene rings is 1. The molecule has 2 atom stereocenters. The lowest BCUT2D eigenvalue weighted by Gasteiger charge is -2.36. The van der Waals surface area contributed by atoms with Crippen LogP contribution in [0, 0.1) is 5.92 Å². The number of hydrogen-bond donors (Lipinski definition) is 1. The number of carbonyl (C=O) groups is 3. The van der Waals surface area contributed by atoms with Gasteiger partial charge in [0.25, 0.3) is 0 Å². The van der Waals surface area contributed by atoms with Crippen molar-refractivity contribution in [3.63, 3.8) is 0 Å². The van der Waals surface area contributed by atoms with Gasteiger partial charge in [-0.25, -0.2) is 9.69 Å². The van der Waals surface area contributed by atoms with E-state index in [4.69, 9.17) is 4.74 Å². The van der Waals surface area contributed by atoms with Gasteiger partial charge in [-0.3, -0.25) is 14.4 Å². The first-order chi connectivity index (χ1) is 13.3. The van der Waals surface area contributed by atoms with Gasteiger partial charge in [0.05, 0.1) is 28.8 Å². The third kappa shape index (κ3) is 2.72. The Kier molecular flexibility index (Phi) is 4.46. The summed E-state index contributed by atoms with van der Waals surface area (Å²) in [4.78, 5) is 54.5. The van der Waals surface area contributed by atoms with Gasteiger partial charge in [0, 0.05) is 10.3 Å². The second kappa shape index (κ2) is 6.59. The van der Waals surface area contributed by atoms with Crippen molar-refractivity contribution < 1.29 is 19.1 Å². The fourth-order valence-corrected chi connectivity index (χ4v) is 6.54. The highest BCUT2D eigenvalue weighted by Crippen LogP contribution is 2.53. The quantitative estimate of drug-likeness (QED) is 0.608. The Hall–Kier alpha value is -2.39. The molecule has 0 bridgehead atoms. The summed E-state index contributed by atoms with van der Waals surface area (Å²) in [6.45, 7) is 5.78. The highest BCUT2D eigenvalue weighted by Gasteiger charge is 2.59. The highest BCUT2D eigenvalue weighted by atomic mass is 32.2. The first kappa shape index (κ1) is 18.9. The summed E-state index contributed by atoms with van der Waals surface area (Å²) in [7, 11) is 0. The molecule has 1 saturated heterocycles. The zero-order chi connectivity index (χ0) is 20.2. The van der Waals surface area contributed by atoms with E-state index in [0.29, 0.717) is 16.3 Å². The number of hydrogen-bond acceptors (Lipinski definition) is 7. The number of thioether (sulfide) groups is 1. The molecule has 28 heavy (non-hydrogen) atoms. The Morgan fingerprint density at radius 2 is 1.86 bits per heavy atom. The van der Waals surface area contributed by atoms with Gasteiger partial charge in [0.1, 0.15) is 5.25 Å². The molecule has 1 fully saturated rings. The van der Waals surface area contributed by atoms with Gasteiger partial charge >= 0.3 is 10.8 Å². The number of H-pyrrole nitrogens is 1. The first-order valence-electron chi connectivity index (χ1n) is 8.81. The molecule has 1 aromatic heterocycles. The molecule has 0 aliphatic carbocycles. The summed E-state index contributed by atoms with van der Waals surface area (Å²) in [5, 5.41) is 0.0758. The minimum Gasteiger partial charge on any atom is -0.462 e. The van der Waals surface area contributed by atoms with Crippen LogP contribution in [-0.2, 0) is 19.7 Å². The van der Waals surface area contributed by atoms with Crippen molar-refractivity contribution in [2.24, 2.45) is 5.92 Å². The van der Waals surface area contributed by atoms with Gasteiger partial charge in [-0.05, 0) is 31.2 Å². The van der Waals surface area contributed by atoms with Gasteiger partial charge in [0.2, 0.25) is 11.8 Å². The SMILES string of the molecule is CCOC(=O)c1ccc(N2C(=O)[C@H]3Sc4[nH]c(=O)sc4C(C)(C)[C@@H]3C2=O)cc1. The van der Waals surface area contributed by atoms with Gasteiger partial charge in [0.15, 0.2) is 0 Å². The zero-order valence-corrected chi connectivity index (χ0v) is 17.1. The molecule has 1 N–H and O–H groups in total. The van der Waals surface area contributed by atoms with E-state index in [1.807, 2.05) is 13.8 Å². The Morgan fingerprint density at radius 1 is 1.18 bits per heavy atom. The molecule has 2 aromatic rings. The average molecular weight is 418 g/mol. The number of imide groups is 1. The second-order valence-electron chi connectivity index (χ2n) is 7.19. The summed E-state index contributed by atoms with van der Waals surface area (Å²) >= 11 is 2.34. The van der Waals surface area contributed by atoms with Crippen LogP contribution in [0.15, 0.2) is 34.1 Å². The molecule has 0 radical (unpaired) electrons. The monoisotopic (exact) mass is 418 g/mol. The number of aromatic nitrogens is 1. The van der Waals surface area contributed by atoms with Crippen molar-refractivity contribution in [3.05, 3.63) is 44.4 Å². The normalized spacial score (nSPS) is 22.8. The first-order valence-corrected chi connectivity index (χ1v) is 10.5. The summed E-state index contributed by atoms with van der Waals surface area (Å²) in [6, 6.07) is 6.24. The Balaban J connectivity index is 1.69. The number of nitrogens with one attached hydrogen (secondary N) is 1. The van der Waals surface area contributed by atoms with E-state index < -0.39 is 22.6 Å². The topological polar surface area (TPSA) is 96.5 Å². The fourth-order valence-electron chi connectivity index (χ4n) is 3.76. The standard InChI is InChI=1S/C19H18N2O5S2/c1-4-26-17(24)9-5-7-10(8-6-9)21-15(22)11-12(16(21)23)27-14-13(19(11,2)3)28-18(25)20-14/h5-8,11-12H,4H2,1-3H3,(H,20,25)/t11-,12-/m0/s1. The van der Waals surface area contributed by atoms with E-state index in [-0.39, 0.29) is 23.3 Å². The molecule has 0 unspecified atom stereocenters. The van der Waals surface area contributed by atoms with Gasteiger partial charge in [-0.1, -0.05) is 36.9 Å². The van der Waals surface area contributed by atoms with Crippen molar-refractivity contribution in [1.29, 1.82) is 0 Å². The lowest BCUT2D eigenvalue weighted by Crippen LogP contribution is -2.41. The summed E-state index contributed by atoms with van der Waals surface area (Å²) in [5.41, 5.74) is 0.142. The number of thiazole rings is 1. The fraction of sp³-hybridized carbons (Fsp3) is 0.368. The number of aromatic amines is 1. The maximum absolute atomic E-state index is 13.2. The minimum absolute atomic E-state index is 0.183. The van der Waals surface area contributed by atoms with Crippen LogP contribution in [-0.4, -0.2) is 34.6 Å². The van der Waals surface area contributed by atoms with E-state index in [1.54, 1.807) is 31.2 Å². The number of esters is 1. The molecule has 7 nitrogen and oxygen atoms in total. The molecule has 9 heteroatoms. The minimum atomic E-state index is -0.637. The largest absolute Gasteiger partial charge is 0.462 e. The predicted molar refractivity (Wildman–Crippen MR) is 106 cm³/mol. The van der Waals surface area contributed by atoms with E-state index in [1.165, 1.54) is 16.7 Å². The van der Waals surface area contributed by atoms with Crippen LogP contribution in [0.4, 0.5) is 5.69 Å². The van der Waals surface area contributed by atoms with Gasteiger partial charge < -0.3 is 9.72 Å². The van der Waals surface area contributed by atoms with Crippen LogP contribution < -0.4 is 9.77 Å². The Bertz CT molecular complexity index is 1040. The second-order valence-corrected chi connectivity index (χ2v) is 9.32. The molecule has 3 heterocycles. The number of ether oxygens (including phenoxy) is 1. The number of amides is 2. The van der Waals surface area contributed by atoms with Crippen molar-refractivity contribution in [2.45, 2.75) is 36.5 Å².